The van der Waals surface area contributed by atoms with Gasteiger partial charge in [-0.2, -0.15) is 0 Å². The number of carbonyl (C=O) groups excluding carboxylic acids is 2. The Balaban J connectivity index is 1.22. The molecule has 3 aromatic rings. The van der Waals surface area contributed by atoms with Gasteiger partial charge in [0.25, 0.3) is 5.91 Å². The quantitative estimate of drug-likeness (QED) is 0.457. The molecule has 1 aliphatic carbocycles. The Morgan fingerprint density at radius 3 is 2.47 bits per heavy atom. The van der Waals surface area contributed by atoms with E-state index in [9.17, 15) is 9.59 Å². The van der Waals surface area contributed by atoms with Crippen LogP contribution < -0.4 is 5.32 Å². The number of aromatic nitrogens is 1. The maximum absolute atomic E-state index is 13.5. The van der Waals surface area contributed by atoms with Gasteiger partial charge in [-0.3, -0.25) is 9.59 Å². The van der Waals surface area contributed by atoms with Crippen molar-refractivity contribution >= 4 is 45.0 Å². The van der Waals surface area contributed by atoms with Gasteiger partial charge in [0.05, 0.1) is 0 Å². The van der Waals surface area contributed by atoms with Crippen LogP contribution in [0.3, 0.4) is 0 Å². The minimum absolute atomic E-state index is 0.0111. The van der Waals surface area contributed by atoms with Crippen LogP contribution in [-0.4, -0.2) is 40.9 Å². The summed E-state index contributed by atoms with van der Waals surface area (Å²) in [6.45, 7) is 2.69. The summed E-state index contributed by atoms with van der Waals surface area (Å²) in [4.78, 5) is 29.3. The van der Waals surface area contributed by atoms with Gasteiger partial charge in [0.15, 0.2) is 0 Å². The highest BCUT2D eigenvalue weighted by Gasteiger charge is 2.30. The summed E-state index contributed by atoms with van der Waals surface area (Å²) in [6, 6.07) is 11.9. The summed E-state index contributed by atoms with van der Waals surface area (Å²) in [6.07, 6.45) is 7.85. The van der Waals surface area contributed by atoms with Gasteiger partial charge in [-0.25, -0.2) is 0 Å². The first-order chi connectivity index (χ1) is 16.6. The SMILES string of the molecule is O=C(NCC1CCCCC1)C1CCN(C(=O)c2cc3ccsc3n2Cc2ccc(Cl)cc2)CC1. The number of halogens is 1. The Hall–Kier alpha value is -2.31. The molecule has 1 saturated heterocycles. The predicted molar refractivity (Wildman–Crippen MR) is 139 cm³/mol. The van der Waals surface area contributed by atoms with Crippen LogP contribution in [0.1, 0.15) is 61.0 Å². The molecular weight excluding hydrogens is 466 g/mol. The molecule has 0 spiro atoms. The Bertz CT molecular complexity index is 1140. The van der Waals surface area contributed by atoms with Gasteiger partial charge in [-0.1, -0.05) is 43.0 Å². The summed E-state index contributed by atoms with van der Waals surface area (Å²) >= 11 is 7.71. The summed E-state index contributed by atoms with van der Waals surface area (Å²) in [5, 5.41) is 7.07. The van der Waals surface area contributed by atoms with E-state index in [1.807, 2.05) is 35.2 Å². The molecule has 0 unspecified atom stereocenters. The molecule has 5 rings (SSSR count). The zero-order valence-electron chi connectivity index (χ0n) is 19.5. The van der Waals surface area contributed by atoms with E-state index >= 15 is 0 Å². The summed E-state index contributed by atoms with van der Waals surface area (Å²) in [5.41, 5.74) is 1.83. The third-order valence-electron chi connectivity index (χ3n) is 7.42. The highest BCUT2D eigenvalue weighted by atomic mass is 35.5. The number of fused-ring (bicyclic) bond motifs is 1. The molecule has 0 radical (unpaired) electrons. The van der Waals surface area contributed by atoms with Crippen molar-refractivity contribution in [2.75, 3.05) is 19.6 Å². The molecule has 2 aromatic heterocycles. The molecule has 1 N–H and O–H groups in total. The van der Waals surface area contributed by atoms with Crippen LogP contribution in [0.25, 0.3) is 10.2 Å². The average molecular weight is 498 g/mol. The van der Waals surface area contributed by atoms with Crippen LogP contribution in [0.2, 0.25) is 5.02 Å². The zero-order valence-corrected chi connectivity index (χ0v) is 21.0. The zero-order chi connectivity index (χ0) is 23.5. The number of likely N-dealkylation sites (tertiary alicyclic amines) is 1. The molecule has 2 aliphatic rings. The monoisotopic (exact) mass is 497 g/mol. The molecule has 7 heteroatoms. The molecule has 2 amide bonds. The van der Waals surface area contributed by atoms with Gasteiger partial charge in [-0.15, -0.1) is 11.3 Å². The number of nitrogens with one attached hydrogen (secondary N) is 1. The Morgan fingerprint density at radius 2 is 1.74 bits per heavy atom. The topological polar surface area (TPSA) is 54.3 Å². The van der Waals surface area contributed by atoms with Crippen molar-refractivity contribution in [1.29, 1.82) is 0 Å². The lowest BCUT2D eigenvalue weighted by Gasteiger charge is -2.32. The predicted octanol–water partition coefficient (Wildman–Crippen LogP) is 5.95. The molecule has 1 aliphatic heterocycles. The maximum atomic E-state index is 13.5. The van der Waals surface area contributed by atoms with Crippen LogP contribution in [0.4, 0.5) is 0 Å². The van der Waals surface area contributed by atoms with E-state index in [1.54, 1.807) is 11.3 Å². The van der Waals surface area contributed by atoms with Crippen molar-refractivity contribution in [3.05, 3.63) is 58.1 Å². The van der Waals surface area contributed by atoms with E-state index in [0.29, 0.717) is 30.6 Å². The lowest BCUT2D eigenvalue weighted by molar-refractivity contribution is -0.126. The van der Waals surface area contributed by atoms with E-state index in [2.05, 4.69) is 21.3 Å². The fourth-order valence-electron chi connectivity index (χ4n) is 5.37. The van der Waals surface area contributed by atoms with Crippen molar-refractivity contribution in [3.8, 4) is 0 Å². The smallest absolute Gasteiger partial charge is 0.270 e. The molecule has 3 heterocycles. The molecular formula is C27H32ClN3O2S. The molecule has 5 nitrogen and oxygen atoms in total. The minimum atomic E-state index is 0.0111. The number of hydrogen-bond donors (Lipinski definition) is 1. The molecule has 2 fully saturated rings. The van der Waals surface area contributed by atoms with E-state index in [0.717, 1.165) is 40.9 Å². The lowest BCUT2D eigenvalue weighted by atomic mass is 9.89. The first-order valence-electron chi connectivity index (χ1n) is 12.5. The number of amides is 2. The third kappa shape index (κ3) is 5.18. The van der Waals surface area contributed by atoms with Crippen LogP contribution in [0.15, 0.2) is 41.8 Å². The van der Waals surface area contributed by atoms with E-state index in [-0.39, 0.29) is 17.7 Å². The van der Waals surface area contributed by atoms with Gasteiger partial charge in [0, 0.05) is 42.5 Å². The second-order valence-corrected chi connectivity index (χ2v) is 11.1. The van der Waals surface area contributed by atoms with Crippen LogP contribution in [-0.2, 0) is 11.3 Å². The number of thiophene rings is 1. The molecule has 1 aromatic carbocycles. The standard InChI is InChI=1S/C27H32ClN3O2S/c28-23-8-6-20(7-9-23)18-31-24(16-22-12-15-34-27(22)31)26(33)30-13-10-21(11-14-30)25(32)29-17-19-4-2-1-3-5-19/h6-9,12,15-16,19,21H,1-5,10-11,13-14,17-18H2,(H,29,32). The second kappa shape index (κ2) is 10.5. The van der Waals surface area contributed by atoms with Gasteiger partial charge in [-0.05, 0) is 66.8 Å². The van der Waals surface area contributed by atoms with Crippen molar-refractivity contribution in [1.82, 2.24) is 14.8 Å². The molecule has 0 atom stereocenters. The van der Waals surface area contributed by atoms with Gasteiger partial charge in [0.2, 0.25) is 5.91 Å². The number of benzene rings is 1. The second-order valence-electron chi connectivity index (χ2n) is 9.74. The fraction of sp³-hybridized carbons (Fsp3) is 0.481. The van der Waals surface area contributed by atoms with Crippen LogP contribution in [0.5, 0.6) is 0 Å². The maximum Gasteiger partial charge on any atom is 0.270 e. The van der Waals surface area contributed by atoms with Crippen molar-refractivity contribution in [3.63, 3.8) is 0 Å². The summed E-state index contributed by atoms with van der Waals surface area (Å²) < 4.78 is 2.12. The first-order valence-corrected chi connectivity index (χ1v) is 13.7. The molecule has 180 valence electrons. The number of rotatable bonds is 6. The van der Waals surface area contributed by atoms with Gasteiger partial charge in [0.1, 0.15) is 10.5 Å². The molecule has 0 bridgehead atoms. The van der Waals surface area contributed by atoms with E-state index in [4.69, 9.17) is 11.6 Å². The highest BCUT2D eigenvalue weighted by Crippen LogP contribution is 2.29. The van der Waals surface area contributed by atoms with Crippen LogP contribution in [0, 0.1) is 11.8 Å². The molecule has 34 heavy (non-hydrogen) atoms. The third-order valence-corrected chi connectivity index (χ3v) is 8.62. The van der Waals surface area contributed by atoms with E-state index < -0.39 is 0 Å². The van der Waals surface area contributed by atoms with Crippen molar-refractivity contribution in [2.24, 2.45) is 11.8 Å². The van der Waals surface area contributed by atoms with Crippen LogP contribution >= 0.6 is 22.9 Å². The van der Waals surface area contributed by atoms with Gasteiger partial charge < -0.3 is 14.8 Å². The fourth-order valence-corrected chi connectivity index (χ4v) is 6.39. The Kier molecular flexibility index (Phi) is 7.26. The minimum Gasteiger partial charge on any atom is -0.356 e. The van der Waals surface area contributed by atoms with Gasteiger partial charge >= 0.3 is 0 Å². The first kappa shape index (κ1) is 23.4. The number of carbonyl (C=O) groups is 2. The van der Waals surface area contributed by atoms with Crippen molar-refractivity contribution in [2.45, 2.75) is 51.5 Å². The lowest BCUT2D eigenvalue weighted by Crippen LogP contribution is -2.44. The highest BCUT2D eigenvalue weighted by molar-refractivity contribution is 7.16. The number of piperidine rings is 1. The Morgan fingerprint density at radius 1 is 1.00 bits per heavy atom. The summed E-state index contributed by atoms with van der Waals surface area (Å²) in [7, 11) is 0. The summed E-state index contributed by atoms with van der Waals surface area (Å²) in [5.74, 6) is 0.876. The number of hydrogen-bond acceptors (Lipinski definition) is 3. The molecule has 1 saturated carbocycles. The van der Waals surface area contributed by atoms with E-state index in [1.165, 1.54) is 32.1 Å². The van der Waals surface area contributed by atoms with Crippen molar-refractivity contribution < 1.29 is 9.59 Å². The normalized spacial score (nSPS) is 17.9. The Labute approximate surface area is 210 Å². The largest absolute Gasteiger partial charge is 0.356 e. The average Bonchev–Trinajstić information content (AvgIpc) is 3.47. The number of nitrogens with zero attached hydrogens (tertiary/aromatic N) is 2.